The highest BCUT2D eigenvalue weighted by Crippen LogP contribution is 2.55. The summed E-state index contributed by atoms with van der Waals surface area (Å²) in [6, 6.07) is 4.88. The Labute approximate surface area is 240 Å². The third kappa shape index (κ3) is 5.60. The summed E-state index contributed by atoms with van der Waals surface area (Å²) in [5.74, 6) is -0.506. The second-order valence-electron chi connectivity index (χ2n) is 11.4. The number of likely N-dealkylation sites (N-methyl/N-ethyl adjacent to an activating group) is 1. The lowest BCUT2D eigenvalue weighted by Gasteiger charge is -2.37. The summed E-state index contributed by atoms with van der Waals surface area (Å²) < 4.78 is 49.8. The van der Waals surface area contributed by atoms with Gasteiger partial charge in [0.2, 0.25) is 21.8 Å². The fraction of sp³-hybridized carbons (Fsp3) is 0.483. The molecule has 0 saturated heterocycles. The van der Waals surface area contributed by atoms with Crippen LogP contribution in [-0.4, -0.2) is 81.8 Å². The van der Waals surface area contributed by atoms with E-state index >= 15 is 4.39 Å². The molecule has 2 aromatic heterocycles. The van der Waals surface area contributed by atoms with Gasteiger partial charge in [-0.1, -0.05) is 20.3 Å². The minimum atomic E-state index is -3.75. The maximum Gasteiger partial charge on any atom is 0.238 e. The number of sulfonamides is 1. The van der Waals surface area contributed by atoms with Crippen molar-refractivity contribution in [2.75, 3.05) is 56.2 Å². The molecule has 0 radical (unpaired) electrons. The topological polar surface area (TPSA) is 117 Å². The molecule has 41 heavy (non-hydrogen) atoms. The lowest BCUT2D eigenvalue weighted by atomic mass is 9.64. The Balaban J connectivity index is 1.56. The Bertz CT molecular complexity index is 1590. The van der Waals surface area contributed by atoms with E-state index in [-0.39, 0.29) is 41.4 Å². The van der Waals surface area contributed by atoms with E-state index in [1.807, 2.05) is 13.8 Å². The fourth-order valence-electron chi connectivity index (χ4n) is 5.52. The number of halogens is 1. The van der Waals surface area contributed by atoms with Crippen molar-refractivity contribution in [3.63, 3.8) is 0 Å². The average Bonchev–Trinajstić information content (AvgIpc) is 3.12. The molecule has 1 aromatic carbocycles. The number of hydrogen-bond acceptors (Lipinski definition) is 8. The first kappa shape index (κ1) is 29.2. The van der Waals surface area contributed by atoms with Crippen LogP contribution in [0.1, 0.15) is 38.7 Å². The third-order valence-corrected chi connectivity index (χ3v) is 9.08. The first-order chi connectivity index (χ1) is 19.4. The van der Waals surface area contributed by atoms with E-state index in [0.717, 1.165) is 30.5 Å². The van der Waals surface area contributed by atoms with Crippen molar-refractivity contribution < 1.29 is 22.3 Å². The van der Waals surface area contributed by atoms with Crippen LogP contribution in [0.25, 0.3) is 22.0 Å². The van der Waals surface area contributed by atoms with Crippen molar-refractivity contribution in [1.82, 2.24) is 20.2 Å². The Morgan fingerprint density at radius 2 is 1.93 bits per heavy atom. The van der Waals surface area contributed by atoms with Crippen molar-refractivity contribution in [2.45, 2.75) is 44.6 Å². The number of fused-ring (bicyclic) bond motifs is 4. The lowest BCUT2D eigenvalue weighted by Crippen LogP contribution is -2.43. The summed E-state index contributed by atoms with van der Waals surface area (Å²) in [5, 5.41) is 3.95. The van der Waals surface area contributed by atoms with Gasteiger partial charge in [-0.2, -0.15) is 0 Å². The maximum atomic E-state index is 15.6. The molecule has 1 aliphatic heterocycles. The van der Waals surface area contributed by atoms with Gasteiger partial charge in [0.25, 0.3) is 0 Å². The molecule has 1 fully saturated rings. The first-order valence-corrected chi connectivity index (χ1v) is 15.5. The van der Waals surface area contributed by atoms with Crippen LogP contribution in [0, 0.1) is 5.82 Å². The van der Waals surface area contributed by atoms with Gasteiger partial charge in [0.15, 0.2) is 0 Å². The number of amides is 1. The first-order valence-electron chi connectivity index (χ1n) is 13.8. The number of benzene rings is 1. The van der Waals surface area contributed by atoms with Crippen LogP contribution in [0.4, 0.5) is 15.8 Å². The van der Waals surface area contributed by atoms with Crippen LogP contribution in [-0.2, 0) is 20.2 Å². The van der Waals surface area contributed by atoms with E-state index < -0.39 is 21.3 Å². The number of aromatic nitrogens is 2. The van der Waals surface area contributed by atoms with Gasteiger partial charge in [-0.05, 0) is 39.1 Å². The summed E-state index contributed by atoms with van der Waals surface area (Å²) in [6.07, 6.45) is 5.55. The largest absolute Gasteiger partial charge is 0.475 e. The van der Waals surface area contributed by atoms with Gasteiger partial charge < -0.3 is 19.9 Å². The van der Waals surface area contributed by atoms with Crippen LogP contribution in [0.2, 0.25) is 0 Å². The molecule has 10 nitrogen and oxygen atoms in total. The average molecular weight is 585 g/mol. The summed E-state index contributed by atoms with van der Waals surface area (Å²) in [7, 11) is 1.59. The third-order valence-electron chi connectivity index (χ3n) is 7.83. The van der Waals surface area contributed by atoms with Crippen LogP contribution >= 0.6 is 0 Å². The van der Waals surface area contributed by atoms with Crippen LogP contribution in [0.5, 0.6) is 5.88 Å². The second kappa shape index (κ2) is 11.1. The predicted octanol–water partition coefficient (Wildman–Crippen LogP) is 3.51. The SMILES string of the molecule is CC(C)NCCOc1ncc(-c2cc3c4c(cnc3cc2F)N(C)C(=O)C42CCC2)cc1NS(=O)(=O)CCN(C)C. The monoisotopic (exact) mass is 584 g/mol. The van der Waals surface area contributed by atoms with Crippen LogP contribution < -0.4 is 19.7 Å². The summed E-state index contributed by atoms with van der Waals surface area (Å²) in [5.41, 5.74) is 2.23. The van der Waals surface area contributed by atoms with E-state index in [9.17, 15) is 13.2 Å². The smallest absolute Gasteiger partial charge is 0.238 e. The van der Waals surface area contributed by atoms with Gasteiger partial charge in [0, 0.05) is 60.5 Å². The lowest BCUT2D eigenvalue weighted by molar-refractivity contribution is -0.125. The van der Waals surface area contributed by atoms with Crippen LogP contribution in [0.15, 0.2) is 30.6 Å². The van der Waals surface area contributed by atoms with Gasteiger partial charge in [-0.3, -0.25) is 14.5 Å². The number of anilines is 2. The van der Waals surface area contributed by atoms with E-state index in [1.165, 1.54) is 12.3 Å². The minimum absolute atomic E-state index is 0.0449. The molecule has 0 unspecified atom stereocenters. The number of hydrogen-bond donors (Lipinski definition) is 2. The molecule has 1 spiro atoms. The molecular weight excluding hydrogens is 547 g/mol. The number of pyridine rings is 2. The molecule has 1 aliphatic carbocycles. The number of carbonyl (C=O) groups is 1. The normalized spacial score (nSPS) is 16.1. The summed E-state index contributed by atoms with van der Waals surface area (Å²) in [4.78, 5) is 25.5. The number of rotatable bonds is 11. The number of carbonyl (C=O) groups excluding carboxylic acids is 1. The highest BCUT2D eigenvalue weighted by molar-refractivity contribution is 7.92. The van der Waals surface area contributed by atoms with E-state index in [0.29, 0.717) is 29.6 Å². The molecule has 3 aromatic rings. The van der Waals surface area contributed by atoms with Crippen LogP contribution in [0.3, 0.4) is 0 Å². The van der Waals surface area contributed by atoms with Crippen molar-refractivity contribution in [1.29, 1.82) is 0 Å². The zero-order valence-corrected chi connectivity index (χ0v) is 24.9. The molecule has 3 heterocycles. The van der Waals surface area contributed by atoms with Gasteiger partial charge in [-0.15, -0.1) is 0 Å². The molecule has 1 saturated carbocycles. The van der Waals surface area contributed by atoms with E-state index in [1.54, 1.807) is 49.3 Å². The number of nitrogens with one attached hydrogen (secondary N) is 2. The Hall–Kier alpha value is -3.35. The highest BCUT2D eigenvalue weighted by atomic mass is 32.2. The molecule has 1 amide bonds. The molecule has 0 atom stereocenters. The fourth-order valence-corrected chi connectivity index (χ4v) is 6.71. The molecule has 220 valence electrons. The van der Waals surface area contributed by atoms with Crippen molar-refractivity contribution >= 4 is 38.2 Å². The van der Waals surface area contributed by atoms with Gasteiger partial charge in [-0.25, -0.2) is 17.8 Å². The zero-order chi connectivity index (χ0) is 29.5. The standard InChI is InChI=1S/C29H37FN6O4S/c1-18(2)31-9-11-40-27-24(34-41(38,39)12-10-35(3)4)13-19(16-33-27)20-14-21-23(15-22(20)30)32-17-25-26(21)29(7-6-8-29)28(37)36(25)5/h13-18,31,34H,6-12H2,1-5H3. The summed E-state index contributed by atoms with van der Waals surface area (Å²) in [6.45, 7) is 5.16. The molecule has 2 N–H and O–H groups in total. The quantitative estimate of drug-likeness (QED) is 0.329. The molecular formula is C29H37FN6O4S. The van der Waals surface area contributed by atoms with Crippen molar-refractivity contribution in [3.8, 4) is 17.0 Å². The Morgan fingerprint density at radius 1 is 1.17 bits per heavy atom. The highest BCUT2D eigenvalue weighted by Gasteiger charge is 2.54. The Kier molecular flexibility index (Phi) is 7.92. The van der Waals surface area contributed by atoms with E-state index in [2.05, 4.69) is 20.0 Å². The number of ether oxygens (including phenoxy) is 1. The van der Waals surface area contributed by atoms with E-state index in [4.69, 9.17) is 4.74 Å². The van der Waals surface area contributed by atoms with Crippen molar-refractivity contribution in [2.24, 2.45) is 0 Å². The zero-order valence-electron chi connectivity index (χ0n) is 24.1. The van der Waals surface area contributed by atoms with Gasteiger partial charge >= 0.3 is 0 Å². The Morgan fingerprint density at radius 3 is 2.59 bits per heavy atom. The van der Waals surface area contributed by atoms with Crippen molar-refractivity contribution in [3.05, 3.63) is 42.0 Å². The van der Waals surface area contributed by atoms with Gasteiger partial charge in [0.1, 0.15) is 18.1 Å². The molecule has 5 rings (SSSR count). The predicted molar refractivity (Wildman–Crippen MR) is 158 cm³/mol. The summed E-state index contributed by atoms with van der Waals surface area (Å²) >= 11 is 0. The maximum absolute atomic E-state index is 15.6. The molecule has 2 aliphatic rings. The second-order valence-corrected chi connectivity index (χ2v) is 13.3. The molecule has 12 heteroatoms. The minimum Gasteiger partial charge on any atom is -0.475 e. The molecule has 0 bridgehead atoms. The number of nitrogens with zero attached hydrogens (tertiary/aromatic N) is 4. The van der Waals surface area contributed by atoms with Gasteiger partial charge in [0.05, 0.1) is 28.6 Å².